The first kappa shape index (κ1) is 15.0. The molecule has 0 saturated heterocycles. The summed E-state index contributed by atoms with van der Waals surface area (Å²) in [7, 11) is 1.38. The molecule has 0 unspecified atom stereocenters. The highest BCUT2D eigenvalue weighted by Gasteiger charge is 2.12. The van der Waals surface area contributed by atoms with E-state index in [1.165, 1.54) is 30.3 Å². The lowest BCUT2D eigenvalue weighted by molar-refractivity contribution is 0.101. The zero-order chi connectivity index (χ0) is 15.7. The van der Waals surface area contributed by atoms with Gasteiger partial charge in [0.05, 0.1) is 12.1 Å². The summed E-state index contributed by atoms with van der Waals surface area (Å²) in [5.74, 6) is -0.343. The van der Waals surface area contributed by atoms with Crippen LogP contribution in [0.2, 0.25) is 0 Å². The van der Waals surface area contributed by atoms with Crippen LogP contribution >= 0.6 is 0 Å². The Morgan fingerprint density at radius 2 is 1.81 bits per heavy atom. The topological polar surface area (TPSA) is 61.1 Å². The van der Waals surface area contributed by atoms with Crippen LogP contribution < -0.4 is 11.2 Å². The van der Waals surface area contributed by atoms with E-state index in [2.05, 4.69) is 0 Å². The van der Waals surface area contributed by atoms with Gasteiger partial charge < -0.3 is 0 Å². The predicted octanol–water partition coefficient (Wildman–Crippen LogP) is 1.41. The third-order valence-electron chi connectivity index (χ3n) is 3.66. The second-order valence-electron chi connectivity index (χ2n) is 5.29. The number of ketones is 1. The molecule has 5 nitrogen and oxygen atoms in total. The maximum absolute atomic E-state index is 12.1. The zero-order valence-electron chi connectivity index (χ0n) is 12.6. The molecule has 1 heterocycles. The largest absolute Gasteiger partial charge is 0.331 e. The fourth-order valence-corrected chi connectivity index (χ4v) is 2.18. The number of Topliss-reactive ketones (excluding diaryl/α,β-unsaturated/α-hetero) is 1. The molecule has 0 aliphatic rings. The Balaban J connectivity index is 2.54. The summed E-state index contributed by atoms with van der Waals surface area (Å²) in [5, 5.41) is 0. The van der Waals surface area contributed by atoms with Gasteiger partial charge in [0.2, 0.25) is 0 Å². The fourth-order valence-electron chi connectivity index (χ4n) is 2.18. The van der Waals surface area contributed by atoms with E-state index in [-0.39, 0.29) is 11.3 Å². The third kappa shape index (κ3) is 2.86. The molecular formula is C16H18N2O3. The highest BCUT2D eigenvalue weighted by Crippen LogP contribution is 2.10. The van der Waals surface area contributed by atoms with Crippen LogP contribution in [0.4, 0.5) is 0 Å². The summed E-state index contributed by atoms with van der Waals surface area (Å²) in [5.41, 5.74) is 2.31. The van der Waals surface area contributed by atoms with Crippen molar-refractivity contribution in [3.63, 3.8) is 0 Å². The minimum absolute atomic E-state index is 0.0286. The summed E-state index contributed by atoms with van der Waals surface area (Å²) < 4.78 is 2.36. The molecule has 2 aromatic rings. The van der Waals surface area contributed by atoms with Crippen LogP contribution in [-0.2, 0) is 13.6 Å². The van der Waals surface area contributed by atoms with Gasteiger partial charge in [-0.1, -0.05) is 18.2 Å². The Labute approximate surface area is 122 Å². The fraction of sp³-hybridized carbons (Fsp3) is 0.312. The molecule has 0 atom stereocenters. The Bertz CT molecular complexity index is 828. The van der Waals surface area contributed by atoms with Crippen LogP contribution in [0.3, 0.4) is 0 Å². The molecular weight excluding hydrogens is 268 g/mol. The van der Waals surface area contributed by atoms with Crippen molar-refractivity contribution in [2.45, 2.75) is 27.3 Å². The SMILES string of the molecule is CC(=O)c1cn(Cc2ccc(C)c(C)c2)c(=O)n(C)c1=O. The van der Waals surface area contributed by atoms with Gasteiger partial charge in [0.1, 0.15) is 0 Å². The number of hydrogen-bond acceptors (Lipinski definition) is 3. The van der Waals surface area contributed by atoms with Crippen molar-refractivity contribution < 1.29 is 4.79 Å². The van der Waals surface area contributed by atoms with Crippen LogP contribution in [0.1, 0.15) is 34.0 Å². The second-order valence-corrected chi connectivity index (χ2v) is 5.29. The van der Waals surface area contributed by atoms with Gasteiger partial charge in [0, 0.05) is 13.2 Å². The summed E-state index contributed by atoms with van der Waals surface area (Å²) in [6, 6.07) is 5.93. The van der Waals surface area contributed by atoms with Crippen molar-refractivity contribution in [2.75, 3.05) is 0 Å². The lowest BCUT2D eigenvalue weighted by atomic mass is 10.1. The number of aromatic nitrogens is 2. The van der Waals surface area contributed by atoms with E-state index in [1.54, 1.807) is 0 Å². The van der Waals surface area contributed by atoms with Crippen LogP contribution in [0.5, 0.6) is 0 Å². The monoisotopic (exact) mass is 286 g/mol. The first-order chi connectivity index (χ1) is 9.81. The normalized spacial score (nSPS) is 10.7. The van der Waals surface area contributed by atoms with Gasteiger partial charge in [-0.2, -0.15) is 0 Å². The minimum atomic E-state index is -0.552. The molecule has 0 fully saturated rings. The van der Waals surface area contributed by atoms with Crippen LogP contribution in [-0.4, -0.2) is 14.9 Å². The molecule has 5 heteroatoms. The Morgan fingerprint density at radius 3 is 2.38 bits per heavy atom. The van der Waals surface area contributed by atoms with Crippen molar-refractivity contribution in [3.05, 3.63) is 67.5 Å². The molecule has 0 aliphatic heterocycles. The molecule has 1 aromatic heterocycles. The number of carbonyl (C=O) groups is 1. The first-order valence-electron chi connectivity index (χ1n) is 6.69. The molecule has 0 radical (unpaired) electrons. The van der Waals surface area contributed by atoms with E-state index in [1.807, 2.05) is 32.0 Å². The molecule has 0 saturated carbocycles. The zero-order valence-corrected chi connectivity index (χ0v) is 12.6. The lowest BCUT2D eigenvalue weighted by Gasteiger charge is -2.10. The minimum Gasteiger partial charge on any atom is -0.295 e. The van der Waals surface area contributed by atoms with Gasteiger partial charge in [-0.3, -0.25) is 18.7 Å². The van der Waals surface area contributed by atoms with E-state index in [4.69, 9.17) is 0 Å². The van der Waals surface area contributed by atoms with E-state index in [9.17, 15) is 14.4 Å². The number of benzene rings is 1. The Kier molecular flexibility index (Phi) is 3.93. The third-order valence-corrected chi connectivity index (χ3v) is 3.66. The predicted molar refractivity (Wildman–Crippen MR) is 81.0 cm³/mol. The Morgan fingerprint density at radius 1 is 1.14 bits per heavy atom. The van der Waals surface area contributed by atoms with E-state index in [0.29, 0.717) is 6.54 Å². The van der Waals surface area contributed by atoms with Gasteiger partial charge in [-0.25, -0.2) is 4.79 Å². The molecule has 0 aliphatic carbocycles. The lowest BCUT2D eigenvalue weighted by Crippen LogP contribution is -2.40. The number of hydrogen-bond donors (Lipinski definition) is 0. The Hall–Kier alpha value is -2.43. The standard InChI is InChI=1S/C16H18N2O3/c1-10-5-6-13(7-11(10)2)8-18-9-14(12(3)19)15(20)17(4)16(18)21/h5-7,9H,8H2,1-4H3. The number of carbonyl (C=O) groups excluding carboxylic acids is 1. The number of rotatable bonds is 3. The highest BCUT2D eigenvalue weighted by molar-refractivity contribution is 5.93. The number of nitrogens with zero attached hydrogens (tertiary/aromatic N) is 2. The second kappa shape index (κ2) is 5.52. The maximum Gasteiger partial charge on any atom is 0.331 e. The molecule has 1 aromatic carbocycles. The summed E-state index contributed by atoms with van der Waals surface area (Å²) in [4.78, 5) is 35.5. The number of aryl methyl sites for hydroxylation is 2. The highest BCUT2D eigenvalue weighted by atomic mass is 16.2. The van der Waals surface area contributed by atoms with Crippen molar-refractivity contribution in [3.8, 4) is 0 Å². The van der Waals surface area contributed by atoms with Crippen molar-refractivity contribution in [2.24, 2.45) is 7.05 Å². The van der Waals surface area contributed by atoms with E-state index in [0.717, 1.165) is 15.7 Å². The summed E-state index contributed by atoms with van der Waals surface area (Å²) in [6.07, 6.45) is 1.35. The van der Waals surface area contributed by atoms with E-state index < -0.39 is 11.2 Å². The van der Waals surface area contributed by atoms with Gasteiger partial charge in [-0.05, 0) is 37.5 Å². The molecule has 110 valence electrons. The smallest absolute Gasteiger partial charge is 0.295 e. The first-order valence-corrected chi connectivity index (χ1v) is 6.69. The van der Waals surface area contributed by atoms with E-state index >= 15 is 0 Å². The average molecular weight is 286 g/mol. The van der Waals surface area contributed by atoms with Crippen LogP contribution in [0.15, 0.2) is 34.0 Å². The maximum atomic E-state index is 12.1. The quantitative estimate of drug-likeness (QED) is 0.802. The van der Waals surface area contributed by atoms with Gasteiger partial charge >= 0.3 is 5.69 Å². The molecule has 2 rings (SSSR count). The molecule has 21 heavy (non-hydrogen) atoms. The van der Waals surface area contributed by atoms with Crippen LogP contribution in [0.25, 0.3) is 0 Å². The van der Waals surface area contributed by atoms with Gasteiger partial charge in [-0.15, -0.1) is 0 Å². The summed E-state index contributed by atoms with van der Waals surface area (Å²) >= 11 is 0. The van der Waals surface area contributed by atoms with Crippen molar-refractivity contribution in [1.29, 1.82) is 0 Å². The average Bonchev–Trinajstić information content (AvgIpc) is 2.43. The van der Waals surface area contributed by atoms with Crippen molar-refractivity contribution >= 4 is 5.78 Å². The molecule has 0 N–H and O–H groups in total. The molecule has 0 spiro atoms. The summed E-state index contributed by atoms with van der Waals surface area (Å²) in [6.45, 7) is 5.67. The van der Waals surface area contributed by atoms with Crippen molar-refractivity contribution in [1.82, 2.24) is 9.13 Å². The van der Waals surface area contributed by atoms with Gasteiger partial charge in [0.15, 0.2) is 5.78 Å². The van der Waals surface area contributed by atoms with Gasteiger partial charge in [0.25, 0.3) is 5.56 Å². The molecule has 0 bridgehead atoms. The van der Waals surface area contributed by atoms with Crippen LogP contribution in [0, 0.1) is 13.8 Å². The molecule has 0 amide bonds.